The van der Waals surface area contributed by atoms with Crippen molar-refractivity contribution >= 4 is 35.0 Å². The Morgan fingerprint density at radius 2 is 2.17 bits per heavy atom. The molecule has 0 aromatic heterocycles. The first-order valence-corrected chi connectivity index (χ1v) is 7.93. The zero-order valence-electron chi connectivity index (χ0n) is 13.8. The zero-order chi connectivity index (χ0) is 17.9. The van der Waals surface area contributed by atoms with Crippen molar-refractivity contribution in [2.24, 2.45) is 0 Å². The summed E-state index contributed by atoms with van der Waals surface area (Å²) in [5.74, 6) is -0.317. The molecule has 0 radical (unpaired) electrons. The fraction of sp³-hybridized carbons (Fsp3) is 0.438. The minimum absolute atomic E-state index is 0.0308. The van der Waals surface area contributed by atoms with Gasteiger partial charge in [0.2, 0.25) is 17.7 Å². The topological polar surface area (TPSA) is 79.0 Å². The summed E-state index contributed by atoms with van der Waals surface area (Å²) in [7, 11) is 3.14. The zero-order valence-corrected chi connectivity index (χ0v) is 14.6. The second-order valence-electron chi connectivity index (χ2n) is 5.50. The molecule has 1 N–H and O–H groups in total. The lowest BCUT2D eigenvalue weighted by molar-refractivity contribution is -0.139. The van der Waals surface area contributed by atoms with Crippen LogP contribution < -0.4 is 10.1 Å². The standard InChI is InChI=1S/C16H20ClN3O4/c1-4-20-15(22)8-12(16(20)23)19(2)9-14(21)18-11-7-10(17)5-6-13(11)24-3/h5-7,12H,4,8-9H2,1-3H3,(H,18,21)/t12-/m0/s1. The summed E-state index contributed by atoms with van der Waals surface area (Å²) in [5, 5.41) is 3.18. The lowest BCUT2D eigenvalue weighted by Gasteiger charge is -2.22. The SMILES string of the molecule is CCN1C(=O)C[C@H](N(C)CC(=O)Nc2cc(Cl)ccc2OC)C1=O. The number of likely N-dealkylation sites (N-methyl/N-ethyl adjacent to an activating group) is 2. The molecular formula is C16H20ClN3O4. The molecule has 0 spiro atoms. The molecule has 24 heavy (non-hydrogen) atoms. The number of benzene rings is 1. The molecular weight excluding hydrogens is 334 g/mol. The second-order valence-corrected chi connectivity index (χ2v) is 5.94. The van der Waals surface area contributed by atoms with Gasteiger partial charge in [0.15, 0.2) is 0 Å². The number of halogens is 1. The molecule has 2 rings (SSSR count). The van der Waals surface area contributed by atoms with Crippen molar-refractivity contribution < 1.29 is 19.1 Å². The van der Waals surface area contributed by atoms with E-state index in [9.17, 15) is 14.4 Å². The Bertz CT molecular complexity index is 665. The van der Waals surface area contributed by atoms with Crippen LogP contribution in [-0.2, 0) is 14.4 Å². The van der Waals surface area contributed by atoms with Gasteiger partial charge in [-0.25, -0.2) is 0 Å². The summed E-state index contributed by atoms with van der Waals surface area (Å²) in [5.41, 5.74) is 0.451. The van der Waals surface area contributed by atoms with E-state index in [0.717, 1.165) is 0 Å². The molecule has 7 nitrogen and oxygen atoms in total. The highest BCUT2D eigenvalue weighted by molar-refractivity contribution is 6.31. The average Bonchev–Trinajstić information content (AvgIpc) is 2.81. The number of amides is 3. The minimum Gasteiger partial charge on any atom is -0.495 e. The predicted octanol–water partition coefficient (Wildman–Crippen LogP) is 1.37. The van der Waals surface area contributed by atoms with Gasteiger partial charge in [-0.3, -0.25) is 24.2 Å². The van der Waals surface area contributed by atoms with Gasteiger partial charge in [-0.15, -0.1) is 0 Å². The van der Waals surface area contributed by atoms with Gasteiger partial charge in [0.1, 0.15) is 5.75 Å². The number of likely N-dealkylation sites (tertiary alicyclic amines) is 1. The molecule has 1 heterocycles. The number of carbonyl (C=O) groups is 3. The highest BCUT2D eigenvalue weighted by atomic mass is 35.5. The quantitative estimate of drug-likeness (QED) is 0.781. The number of rotatable bonds is 6. The molecule has 0 bridgehead atoms. The fourth-order valence-electron chi connectivity index (χ4n) is 2.65. The van der Waals surface area contributed by atoms with Crippen LogP contribution in [0.4, 0.5) is 5.69 Å². The number of nitrogens with one attached hydrogen (secondary N) is 1. The van der Waals surface area contributed by atoms with Crippen LogP contribution in [0.25, 0.3) is 0 Å². The number of nitrogens with zero attached hydrogens (tertiary/aromatic N) is 2. The molecule has 1 aromatic rings. The average molecular weight is 354 g/mol. The number of carbonyl (C=O) groups excluding carboxylic acids is 3. The molecule has 0 aliphatic carbocycles. The largest absolute Gasteiger partial charge is 0.495 e. The highest BCUT2D eigenvalue weighted by Gasteiger charge is 2.40. The maximum Gasteiger partial charge on any atom is 0.247 e. The van der Waals surface area contributed by atoms with Gasteiger partial charge in [0.05, 0.1) is 31.8 Å². The molecule has 1 fully saturated rings. The van der Waals surface area contributed by atoms with Crippen LogP contribution in [-0.4, -0.2) is 60.8 Å². The highest BCUT2D eigenvalue weighted by Crippen LogP contribution is 2.27. The van der Waals surface area contributed by atoms with Crippen LogP contribution in [0.3, 0.4) is 0 Å². The summed E-state index contributed by atoms with van der Waals surface area (Å²) < 4.78 is 5.17. The minimum atomic E-state index is -0.607. The maximum absolute atomic E-state index is 12.2. The Labute approximate surface area is 145 Å². The number of imide groups is 1. The maximum atomic E-state index is 12.2. The van der Waals surface area contributed by atoms with E-state index in [1.807, 2.05) is 0 Å². The van der Waals surface area contributed by atoms with Gasteiger partial charge in [-0.05, 0) is 32.2 Å². The first kappa shape index (κ1) is 18.2. The second kappa shape index (κ2) is 7.63. The van der Waals surface area contributed by atoms with E-state index in [1.165, 1.54) is 12.0 Å². The van der Waals surface area contributed by atoms with Crippen molar-refractivity contribution in [3.8, 4) is 5.75 Å². The van der Waals surface area contributed by atoms with E-state index in [0.29, 0.717) is 23.0 Å². The lowest BCUT2D eigenvalue weighted by atomic mass is 10.2. The molecule has 1 saturated heterocycles. The molecule has 3 amide bonds. The summed E-state index contributed by atoms with van der Waals surface area (Å²) in [6.07, 6.45) is 0.0942. The fourth-order valence-corrected chi connectivity index (χ4v) is 2.82. The molecule has 1 aromatic carbocycles. The van der Waals surface area contributed by atoms with Gasteiger partial charge in [0.25, 0.3) is 0 Å². The van der Waals surface area contributed by atoms with Crippen LogP contribution in [0.2, 0.25) is 5.02 Å². The number of hydrogen-bond donors (Lipinski definition) is 1. The van der Waals surface area contributed by atoms with Gasteiger partial charge >= 0.3 is 0 Å². The van der Waals surface area contributed by atoms with Gasteiger partial charge < -0.3 is 10.1 Å². The Hall–Kier alpha value is -2.12. The number of hydrogen-bond acceptors (Lipinski definition) is 5. The van der Waals surface area contributed by atoms with Crippen molar-refractivity contribution in [1.82, 2.24) is 9.80 Å². The normalized spacial score (nSPS) is 17.5. The van der Waals surface area contributed by atoms with E-state index in [2.05, 4.69) is 5.32 Å². The van der Waals surface area contributed by atoms with Gasteiger partial charge in [0, 0.05) is 11.6 Å². The van der Waals surface area contributed by atoms with E-state index >= 15 is 0 Å². The number of methoxy groups -OCH3 is 1. The van der Waals surface area contributed by atoms with Crippen LogP contribution >= 0.6 is 11.6 Å². The molecule has 8 heteroatoms. The Balaban J connectivity index is 2.01. The molecule has 0 saturated carbocycles. The van der Waals surface area contributed by atoms with Crippen molar-refractivity contribution in [2.75, 3.05) is 32.6 Å². The van der Waals surface area contributed by atoms with E-state index in [4.69, 9.17) is 16.3 Å². The van der Waals surface area contributed by atoms with Crippen molar-refractivity contribution in [2.45, 2.75) is 19.4 Å². The third kappa shape index (κ3) is 3.85. The van der Waals surface area contributed by atoms with Crippen LogP contribution in [0.5, 0.6) is 5.75 Å². The van der Waals surface area contributed by atoms with Crippen LogP contribution in [0.1, 0.15) is 13.3 Å². The van der Waals surface area contributed by atoms with Crippen molar-refractivity contribution in [3.05, 3.63) is 23.2 Å². The number of anilines is 1. The van der Waals surface area contributed by atoms with Crippen molar-refractivity contribution in [1.29, 1.82) is 0 Å². The van der Waals surface area contributed by atoms with Gasteiger partial charge in [-0.2, -0.15) is 0 Å². The van der Waals surface area contributed by atoms with E-state index in [1.54, 1.807) is 37.1 Å². The first-order chi connectivity index (χ1) is 11.4. The Morgan fingerprint density at radius 1 is 1.46 bits per heavy atom. The Kier molecular flexibility index (Phi) is 5.80. The van der Waals surface area contributed by atoms with Gasteiger partial charge in [-0.1, -0.05) is 11.6 Å². The molecule has 1 aliphatic heterocycles. The smallest absolute Gasteiger partial charge is 0.247 e. The summed E-state index contributed by atoms with van der Waals surface area (Å²) >= 11 is 5.93. The van der Waals surface area contributed by atoms with Crippen molar-refractivity contribution in [3.63, 3.8) is 0 Å². The molecule has 0 unspecified atom stereocenters. The molecule has 1 atom stereocenters. The van der Waals surface area contributed by atoms with Crippen LogP contribution in [0, 0.1) is 0 Å². The number of ether oxygens (including phenoxy) is 1. The monoisotopic (exact) mass is 353 g/mol. The summed E-state index contributed by atoms with van der Waals surface area (Å²) in [6, 6.07) is 4.29. The molecule has 1 aliphatic rings. The third-order valence-corrected chi connectivity index (χ3v) is 4.13. The van der Waals surface area contributed by atoms with E-state index in [-0.39, 0.29) is 30.7 Å². The van der Waals surface area contributed by atoms with E-state index < -0.39 is 6.04 Å². The van der Waals surface area contributed by atoms with Crippen LogP contribution in [0.15, 0.2) is 18.2 Å². The predicted molar refractivity (Wildman–Crippen MR) is 90.1 cm³/mol. The Morgan fingerprint density at radius 3 is 2.75 bits per heavy atom. The summed E-state index contributed by atoms with van der Waals surface area (Å²) in [6.45, 7) is 2.06. The first-order valence-electron chi connectivity index (χ1n) is 7.55. The lowest BCUT2D eigenvalue weighted by Crippen LogP contribution is -2.43. The third-order valence-electron chi connectivity index (χ3n) is 3.90. The molecule has 130 valence electrons. The summed E-state index contributed by atoms with van der Waals surface area (Å²) in [4.78, 5) is 39.0.